The molecule has 0 heterocycles. The Labute approximate surface area is 75.5 Å². The molecule has 12 heavy (non-hydrogen) atoms. The van der Waals surface area contributed by atoms with E-state index in [1.54, 1.807) is 7.11 Å². The molecule has 0 saturated heterocycles. The summed E-state index contributed by atoms with van der Waals surface area (Å²) >= 11 is 0. The van der Waals surface area contributed by atoms with Crippen LogP contribution in [0.1, 0.15) is 38.5 Å². The number of rotatable bonds is 4. The lowest BCUT2D eigenvalue weighted by Crippen LogP contribution is -2.29. The van der Waals surface area contributed by atoms with Crippen LogP contribution in [-0.2, 0) is 4.74 Å². The van der Waals surface area contributed by atoms with Gasteiger partial charge < -0.3 is 10.5 Å². The summed E-state index contributed by atoms with van der Waals surface area (Å²) in [6.07, 6.45) is 8.17. The van der Waals surface area contributed by atoms with Crippen molar-refractivity contribution in [1.29, 1.82) is 0 Å². The molecule has 0 aromatic rings. The average molecular weight is 171 g/mol. The molecule has 1 fully saturated rings. The summed E-state index contributed by atoms with van der Waals surface area (Å²) in [6.45, 7) is 0.719. The highest BCUT2D eigenvalue weighted by Gasteiger charge is 2.16. The highest BCUT2D eigenvalue weighted by molar-refractivity contribution is 4.71. The van der Waals surface area contributed by atoms with Crippen LogP contribution in [0, 0.1) is 5.92 Å². The van der Waals surface area contributed by atoms with Crippen LogP contribution in [0.4, 0.5) is 0 Å². The van der Waals surface area contributed by atoms with E-state index in [-0.39, 0.29) is 6.04 Å². The summed E-state index contributed by atoms with van der Waals surface area (Å²) in [5.74, 6) is 0.879. The van der Waals surface area contributed by atoms with Gasteiger partial charge in [-0.1, -0.05) is 32.1 Å². The van der Waals surface area contributed by atoms with Crippen LogP contribution in [0.25, 0.3) is 0 Å². The second kappa shape index (κ2) is 5.55. The molecule has 1 aliphatic carbocycles. The molecule has 0 aliphatic heterocycles. The highest BCUT2D eigenvalue weighted by atomic mass is 16.5. The van der Waals surface area contributed by atoms with Gasteiger partial charge >= 0.3 is 0 Å². The molecule has 72 valence electrons. The minimum Gasteiger partial charge on any atom is -0.383 e. The number of hydrogen-bond donors (Lipinski definition) is 1. The molecule has 0 aromatic heterocycles. The van der Waals surface area contributed by atoms with Crippen LogP contribution in [0.2, 0.25) is 0 Å². The van der Waals surface area contributed by atoms with Gasteiger partial charge in [-0.05, 0) is 12.3 Å². The van der Waals surface area contributed by atoms with Crippen LogP contribution in [0.5, 0.6) is 0 Å². The van der Waals surface area contributed by atoms with E-state index < -0.39 is 0 Å². The average Bonchev–Trinajstić information content (AvgIpc) is 2.06. The predicted molar refractivity (Wildman–Crippen MR) is 51.0 cm³/mol. The minimum absolute atomic E-state index is 0.262. The molecular weight excluding hydrogens is 150 g/mol. The molecule has 1 rings (SSSR count). The van der Waals surface area contributed by atoms with E-state index in [4.69, 9.17) is 10.5 Å². The summed E-state index contributed by atoms with van der Waals surface area (Å²) in [6, 6.07) is 0.262. The van der Waals surface area contributed by atoms with Gasteiger partial charge in [-0.25, -0.2) is 0 Å². The Morgan fingerprint density at radius 2 is 2.00 bits per heavy atom. The maximum Gasteiger partial charge on any atom is 0.0613 e. The van der Waals surface area contributed by atoms with Crippen molar-refractivity contribution < 1.29 is 4.74 Å². The van der Waals surface area contributed by atoms with E-state index in [0.717, 1.165) is 18.9 Å². The quantitative estimate of drug-likeness (QED) is 0.701. The first-order chi connectivity index (χ1) is 5.83. The lowest BCUT2D eigenvalue weighted by Gasteiger charge is -2.24. The fraction of sp³-hybridized carbons (Fsp3) is 1.00. The lowest BCUT2D eigenvalue weighted by atomic mass is 9.85. The zero-order chi connectivity index (χ0) is 8.81. The van der Waals surface area contributed by atoms with Gasteiger partial charge in [0.05, 0.1) is 6.61 Å². The minimum atomic E-state index is 0.262. The van der Waals surface area contributed by atoms with Crippen LogP contribution in [0.3, 0.4) is 0 Å². The SMILES string of the molecule is COCC(N)CC1CCCCC1. The van der Waals surface area contributed by atoms with Gasteiger partial charge in [0.15, 0.2) is 0 Å². The molecule has 1 unspecified atom stereocenters. The van der Waals surface area contributed by atoms with Gasteiger partial charge in [0.2, 0.25) is 0 Å². The molecule has 1 aliphatic rings. The highest BCUT2D eigenvalue weighted by Crippen LogP contribution is 2.26. The monoisotopic (exact) mass is 171 g/mol. The molecule has 0 amide bonds. The Morgan fingerprint density at radius 3 is 2.58 bits per heavy atom. The van der Waals surface area contributed by atoms with Crippen molar-refractivity contribution >= 4 is 0 Å². The van der Waals surface area contributed by atoms with Gasteiger partial charge in [0.25, 0.3) is 0 Å². The third-order valence-corrected chi connectivity index (χ3v) is 2.74. The number of methoxy groups -OCH3 is 1. The Morgan fingerprint density at radius 1 is 1.33 bits per heavy atom. The molecule has 0 radical (unpaired) electrons. The lowest BCUT2D eigenvalue weighted by molar-refractivity contribution is 0.164. The maximum absolute atomic E-state index is 5.89. The zero-order valence-electron chi connectivity index (χ0n) is 8.09. The van der Waals surface area contributed by atoms with Gasteiger partial charge in [0.1, 0.15) is 0 Å². The predicted octanol–water partition coefficient (Wildman–Crippen LogP) is 1.93. The van der Waals surface area contributed by atoms with E-state index in [2.05, 4.69) is 0 Å². The molecular formula is C10H21NO. The summed E-state index contributed by atoms with van der Waals surface area (Å²) in [5, 5.41) is 0. The summed E-state index contributed by atoms with van der Waals surface area (Å²) in [5.41, 5.74) is 5.89. The maximum atomic E-state index is 5.89. The first kappa shape index (κ1) is 10.0. The van der Waals surface area contributed by atoms with Crippen LogP contribution >= 0.6 is 0 Å². The molecule has 0 aromatic carbocycles. The fourth-order valence-corrected chi connectivity index (χ4v) is 2.13. The standard InChI is InChI=1S/C10H21NO/c1-12-8-10(11)7-9-5-3-2-4-6-9/h9-10H,2-8,11H2,1H3. The molecule has 1 atom stereocenters. The van der Waals surface area contributed by atoms with Crippen LogP contribution in [0.15, 0.2) is 0 Å². The van der Waals surface area contributed by atoms with Crippen molar-refractivity contribution in [3.8, 4) is 0 Å². The molecule has 1 saturated carbocycles. The van der Waals surface area contributed by atoms with Crippen molar-refractivity contribution in [1.82, 2.24) is 0 Å². The largest absolute Gasteiger partial charge is 0.383 e. The topological polar surface area (TPSA) is 35.2 Å². The van der Waals surface area contributed by atoms with Crippen LogP contribution < -0.4 is 5.73 Å². The number of hydrogen-bond acceptors (Lipinski definition) is 2. The first-order valence-corrected chi connectivity index (χ1v) is 5.07. The van der Waals surface area contributed by atoms with E-state index in [1.807, 2.05) is 0 Å². The molecule has 0 bridgehead atoms. The third-order valence-electron chi connectivity index (χ3n) is 2.74. The summed E-state index contributed by atoms with van der Waals surface area (Å²) in [7, 11) is 1.72. The second-order valence-electron chi connectivity index (χ2n) is 3.96. The third kappa shape index (κ3) is 3.55. The van der Waals surface area contributed by atoms with Crippen LogP contribution in [-0.4, -0.2) is 19.8 Å². The van der Waals surface area contributed by atoms with E-state index >= 15 is 0 Å². The normalized spacial score (nSPS) is 22.5. The molecule has 0 spiro atoms. The number of nitrogens with two attached hydrogens (primary N) is 1. The number of ether oxygens (including phenoxy) is 1. The molecule has 2 N–H and O–H groups in total. The summed E-state index contributed by atoms with van der Waals surface area (Å²) in [4.78, 5) is 0. The van der Waals surface area contributed by atoms with Crippen molar-refractivity contribution in [3.05, 3.63) is 0 Å². The van der Waals surface area contributed by atoms with E-state index in [0.29, 0.717) is 0 Å². The molecule has 2 heteroatoms. The van der Waals surface area contributed by atoms with Gasteiger partial charge in [-0.2, -0.15) is 0 Å². The Hall–Kier alpha value is -0.0800. The second-order valence-corrected chi connectivity index (χ2v) is 3.96. The molecule has 2 nitrogen and oxygen atoms in total. The van der Waals surface area contributed by atoms with Gasteiger partial charge in [-0.15, -0.1) is 0 Å². The van der Waals surface area contributed by atoms with Crippen molar-refractivity contribution in [2.45, 2.75) is 44.6 Å². The smallest absolute Gasteiger partial charge is 0.0613 e. The zero-order valence-corrected chi connectivity index (χ0v) is 8.09. The van der Waals surface area contributed by atoms with Gasteiger partial charge in [0, 0.05) is 13.2 Å². The van der Waals surface area contributed by atoms with E-state index in [1.165, 1.54) is 32.1 Å². The first-order valence-electron chi connectivity index (χ1n) is 5.07. The Bertz CT molecular complexity index is 110. The van der Waals surface area contributed by atoms with Gasteiger partial charge in [-0.3, -0.25) is 0 Å². The van der Waals surface area contributed by atoms with E-state index in [9.17, 15) is 0 Å². The Balaban J connectivity index is 2.11. The van der Waals surface area contributed by atoms with Crippen molar-refractivity contribution in [3.63, 3.8) is 0 Å². The Kier molecular flexibility index (Phi) is 4.62. The fourth-order valence-electron chi connectivity index (χ4n) is 2.13. The summed E-state index contributed by atoms with van der Waals surface area (Å²) < 4.78 is 5.02. The van der Waals surface area contributed by atoms with Crippen molar-refractivity contribution in [2.75, 3.05) is 13.7 Å². The van der Waals surface area contributed by atoms with Crippen molar-refractivity contribution in [2.24, 2.45) is 11.7 Å².